The second kappa shape index (κ2) is 2.81. The molecule has 0 unspecified atom stereocenters. The molecule has 1 aromatic rings. The first-order chi connectivity index (χ1) is 6.37. The van der Waals surface area contributed by atoms with Crippen LogP contribution in [0.3, 0.4) is 0 Å². The van der Waals surface area contributed by atoms with E-state index in [9.17, 15) is 4.39 Å². The Balaban J connectivity index is 3.60. The lowest BCUT2D eigenvalue weighted by atomic mass is 9.80. The van der Waals surface area contributed by atoms with Gasteiger partial charge in [0.15, 0.2) is 0 Å². The molecule has 4 heteroatoms. The van der Waals surface area contributed by atoms with Crippen LogP contribution in [0.4, 0.5) is 4.39 Å². The molecule has 2 nitrogen and oxygen atoms in total. The Kier molecular flexibility index (Phi) is 0.985. The fraction of sp³-hybridized carbons (Fsp3) is 0. The molecule has 52 valence electrons. The van der Waals surface area contributed by atoms with E-state index in [-0.39, 0.29) is 0 Å². The first-order valence-electron chi connectivity index (χ1n) is 4.49. The van der Waals surface area contributed by atoms with E-state index in [2.05, 4.69) is 0 Å². The molecule has 0 spiro atoms. The van der Waals surface area contributed by atoms with E-state index in [1.807, 2.05) is 0 Å². The zero-order valence-electron chi connectivity index (χ0n) is 8.85. The van der Waals surface area contributed by atoms with Crippen molar-refractivity contribution in [3.8, 4) is 0 Å². The summed E-state index contributed by atoms with van der Waals surface area (Å²) in [5.41, 5.74) is -0.624. The minimum Gasteiger partial charge on any atom is -0.423 e. The third-order valence-electron chi connectivity index (χ3n) is 0.872. The van der Waals surface area contributed by atoms with Crippen molar-refractivity contribution in [1.29, 1.82) is 0 Å². The molecule has 0 amide bonds. The van der Waals surface area contributed by atoms with Gasteiger partial charge in [-0.3, -0.25) is 0 Å². The van der Waals surface area contributed by atoms with Gasteiger partial charge in [0.25, 0.3) is 0 Å². The quantitative estimate of drug-likeness (QED) is 0.522. The van der Waals surface area contributed by atoms with Crippen molar-refractivity contribution in [2.24, 2.45) is 0 Å². The van der Waals surface area contributed by atoms with Crippen molar-refractivity contribution < 1.29 is 19.9 Å². The highest BCUT2D eigenvalue weighted by molar-refractivity contribution is 6.58. The molecule has 0 radical (unpaired) electrons. The molecular formula is C6H6BFO2. The van der Waals surface area contributed by atoms with Crippen LogP contribution >= 0.6 is 0 Å². The Hall–Kier alpha value is -0.865. The van der Waals surface area contributed by atoms with E-state index in [1.165, 1.54) is 0 Å². The number of hydrogen-bond donors (Lipinski definition) is 2. The van der Waals surface area contributed by atoms with E-state index in [4.69, 9.17) is 15.5 Å². The van der Waals surface area contributed by atoms with Crippen molar-refractivity contribution in [2.45, 2.75) is 0 Å². The second-order valence-electron chi connectivity index (χ2n) is 1.60. The summed E-state index contributed by atoms with van der Waals surface area (Å²) in [5, 5.41) is 17.5. The lowest BCUT2D eigenvalue weighted by Crippen LogP contribution is -2.29. The van der Waals surface area contributed by atoms with Gasteiger partial charge in [0.05, 0.1) is 5.48 Å². The zero-order chi connectivity index (χ0) is 11.0. The maximum Gasteiger partial charge on any atom is 0.488 e. The monoisotopic (exact) mass is 144 g/mol. The minimum absolute atomic E-state index is 0.624. The van der Waals surface area contributed by atoms with Crippen LogP contribution in [0, 0.1) is 5.82 Å². The molecule has 0 aliphatic heterocycles. The van der Waals surface area contributed by atoms with Gasteiger partial charge < -0.3 is 10.0 Å². The highest BCUT2D eigenvalue weighted by atomic mass is 19.1. The van der Waals surface area contributed by atoms with E-state index in [1.54, 1.807) is 0 Å². The van der Waals surface area contributed by atoms with E-state index < -0.39 is 42.6 Å². The smallest absolute Gasteiger partial charge is 0.423 e. The average molecular weight is 144 g/mol. The molecule has 0 aliphatic rings. The van der Waals surface area contributed by atoms with Gasteiger partial charge in [-0.15, -0.1) is 0 Å². The number of benzene rings is 1. The largest absolute Gasteiger partial charge is 0.488 e. The average Bonchev–Trinajstić information content (AvgIpc) is 2.11. The summed E-state index contributed by atoms with van der Waals surface area (Å²) in [6.07, 6.45) is 0. The summed E-state index contributed by atoms with van der Waals surface area (Å²) in [5.74, 6) is -1.30. The van der Waals surface area contributed by atoms with Crippen LogP contribution in [0.1, 0.15) is 5.48 Å². The molecule has 1 aromatic carbocycles. The Morgan fingerprint density at radius 2 is 1.80 bits per heavy atom. The Bertz CT molecular complexity index is 356. The molecule has 2 N–H and O–H groups in total. The van der Waals surface area contributed by atoms with Crippen LogP contribution in [-0.4, -0.2) is 17.2 Å². The summed E-state index contributed by atoms with van der Waals surface area (Å²) < 4.78 is 41.3. The lowest BCUT2D eigenvalue weighted by molar-refractivity contribution is 0.425. The predicted octanol–water partition coefficient (Wildman–Crippen LogP) is -0.494. The topological polar surface area (TPSA) is 40.5 Å². The van der Waals surface area contributed by atoms with Crippen molar-refractivity contribution in [2.75, 3.05) is 0 Å². The summed E-state index contributed by atoms with van der Waals surface area (Å²) in [4.78, 5) is 0. The highest BCUT2D eigenvalue weighted by Crippen LogP contribution is 1.92. The molecule has 0 aliphatic carbocycles. The van der Waals surface area contributed by atoms with Gasteiger partial charge in [-0.25, -0.2) is 4.39 Å². The molecule has 0 aromatic heterocycles. The summed E-state index contributed by atoms with van der Waals surface area (Å²) in [6.45, 7) is 0. The van der Waals surface area contributed by atoms with Gasteiger partial charge in [0, 0.05) is 0 Å². The Morgan fingerprint density at radius 1 is 1.30 bits per heavy atom. The van der Waals surface area contributed by atoms with Gasteiger partial charge in [0.1, 0.15) is 5.82 Å². The number of hydrogen-bond acceptors (Lipinski definition) is 2. The normalized spacial score (nSPS) is 15.1. The van der Waals surface area contributed by atoms with Gasteiger partial charge in [-0.1, -0.05) is 12.1 Å². The van der Waals surface area contributed by atoms with Crippen molar-refractivity contribution in [3.05, 3.63) is 30.0 Å². The third-order valence-corrected chi connectivity index (χ3v) is 0.872. The molecule has 0 fully saturated rings. The molecule has 0 saturated carbocycles. The summed E-state index contributed by atoms with van der Waals surface area (Å²) in [7, 11) is -2.15. The van der Waals surface area contributed by atoms with Crippen molar-refractivity contribution >= 4 is 12.6 Å². The van der Waals surface area contributed by atoms with Crippen LogP contribution in [0.15, 0.2) is 24.2 Å². The van der Waals surface area contributed by atoms with Crippen LogP contribution in [0.5, 0.6) is 0 Å². The molecule has 0 bridgehead atoms. The lowest BCUT2D eigenvalue weighted by Gasteiger charge is -1.95. The minimum atomic E-state index is -2.15. The van der Waals surface area contributed by atoms with E-state index >= 15 is 0 Å². The highest BCUT2D eigenvalue weighted by Gasteiger charge is 2.08. The van der Waals surface area contributed by atoms with Gasteiger partial charge in [-0.2, -0.15) is 0 Å². The van der Waals surface area contributed by atoms with Gasteiger partial charge in [0.2, 0.25) is 0 Å². The van der Waals surface area contributed by atoms with Crippen LogP contribution in [0.25, 0.3) is 0 Å². The van der Waals surface area contributed by atoms with Crippen LogP contribution < -0.4 is 5.46 Å². The second-order valence-corrected chi connectivity index (χ2v) is 1.60. The molecule has 1 rings (SSSR count). The van der Waals surface area contributed by atoms with Crippen molar-refractivity contribution in [3.63, 3.8) is 0 Å². The fourth-order valence-electron chi connectivity index (χ4n) is 0.436. The first-order valence-corrected chi connectivity index (χ1v) is 2.49. The maximum atomic E-state index is 12.9. The third kappa shape index (κ3) is 1.56. The summed E-state index contributed by atoms with van der Waals surface area (Å²) >= 11 is 0. The predicted molar refractivity (Wildman–Crippen MR) is 36.2 cm³/mol. The standard InChI is InChI=1S/C6H6BFO2/c8-6-3-1-5(2-4-6)7(9)10/h1-4,9-10H/i1D,2D,3D,4D. The molecule has 10 heavy (non-hydrogen) atoms. The number of rotatable bonds is 1. The molecule has 0 saturated heterocycles. The maximum absolute atomic E-state index is 12.9. The van der Waals surface area contributed by atoms with Crippen LogP contribution in [0.2, 0.25) is 0 Å². The van der Waals surface area contributed by atoms with E-state index in [0.717, 1.165) is 0 Å². The van der Waals surface area contributed by atoms with Crippen molar-refractivity contribution in [1.82, 2.24) is 0 Å². The SMILES string of the molecule is [2H]c1c([2H])c(B(O)O)c([2H])c([2H])c1F. The Morgan fingerprint density at radius 3 is 2.20 bits per heavy atom. The Labute approximate surface area is 63.7 Å². The van der Waals surface area contributed by atoms with Crippen LogP contribution in [-0.2, 0) is 0 Å². The fourth-order valence-corrected chi connectivity index (χ4v) is 0.436. The summed E-state index contributed by atoms with van der Waals surface area (Å²) in [6, 6.07) is -3.37. The van der Waals surface area contributed by atoms with Gasteiger partial charge >= 0.3 is 7.12 Å². The number of halogens is 1. The zero-order valence-corrected chi connectivity index (χ0v) is 4.85. The molecule has 0 atom stereocenters. The molecule has 0 heterocycles. The van der Waals surface area contributed by atoms with Gasteiger partial charge in [-0.05, 0) is 17.5 Å². The van der Waals surface area contributed by atoms with E-state index in [0.29, 0.717) is 0 Å². The molecular weight excluding hydrogens is 134 g/mol. The first kappa shape index (κ1) is 3.50.